The molecule has 1 aromatic carbocycles. The summed E-state index contributed by atoms with van der Waals surface area (Å²) >= 11 is 0. The maximum absolute atomic E-state index is 12.8. The molecule has 5 heteroatoms. The number of amides is 1. The molecule has 130 valence electrons. The molecule has 2 aromatic heterocycles. The number of nitrogens with one attached hydrogen (secondary N) is 1. The van der Waals surface area contributed by atoms with Crippen molar-refractivity contribution < 1.29 is 4.79 Å². The fraction of sp³-hybridized carbons (Fsp3) is 0.400. The Hall–Kier alpha value is -2.56. The van der Waals surface area contributed by atoms with Gasteiger partial charge in [0.1, 0.15) is 5.52 Å². The van der Waals surface area contributed by atoms with Crippen molar-refractivity contribution in [3.63, 3.8) is 0 Å². The lowest BCUT2D eigenvalue weighted by Crippen LogP contribution is -2.32. The number of para-hydroxylation sites is 2. The minimum atomic E-state index is -0.0000916. The maximum Gasteiger partial charge on any atom is 0.275 e. The fourth-order valence-electron chi connectivity index (χ4n) is 3.90. The van der Waals surface area contributed by atoms with E-state index in [1.807, 2.05) is 47.0 Å². The maximum atomic E-state index is 12.8. The van der Waals surface area contributed by atoms with Gasteiger partial charge in [0, 0.05) is 25.2 Å². The number of hydrogen-bond acceptors (Lipinski definition) is 2. The number of aromatic nitrogens is 2. The van der Waals surface area contributed by atoms with Gasteiger partial charge in [-0.1, -0.05) is 25.0 Å². The van der Waals surface area contributed by atoms with Crippen molar-refractivity contribution in [1.82, 2.24) is 14.3 Å². The number of benzene rings is 1. The van der Waals surface area contributed by atoms with Gasteiger partial charge < -0.3 is 14.3 Å². The van der Waals surface area contributed by atoms with Gasteiger partial charge in [0.05, 0.1) is 11.0 Å². The van der Waals surface area contributed by atoms with Gasteiger partial charge >= 0.3 is 0 Å². The number of nitrogens with zero attached hydrogens (tertiary/aromatic N) is 2. The first-order chi connectivity index (χ1) is 12.2. The number of hydrogen-bond donors (Lipinski definition) is 1. The van der Waals surface area contributed by atoms with E-state index in [-0.39, 0.29) is 11.5 Å². The summed E-state index contributed by atoms with van der Waals surface area (Å²) < 4.78 is 3.73. The summed E-state index contributed by atoms with van der Waals surface area (Å²) in [6.07, 6.45) is 7.66. The molecule has 0 radical (unpaired) electrons. The molecule has 5 nitrogen and oxygen atoms in total. The van der Waals surface area contributed by atoms with Crippen molar-refractivity contribution in [3.05, 3.63) is 52.9 Å². The lowest BCUT2D eigenvalue weighted by Gasteiger charge is -2.14. The van der Waals surface area contributed by atoms with Gasteiger partial charge in [-0.05, 0) is 43.5 Å². The van der Waals surface area contributed by atoms with E-state index in [1.54, 1.807) is 4.57 Å². The Kier molecular flexibility index (Phi) is 4.30. The fourth-order valence-corrected chi connectivity index (χ4v) is 3.90. The summed E-state index contributed by atoms with van der Waals surface area (Å²) in [6.45, 7) is 0.555. The highest BCUT2D eigenvalue weighted by Gasteiger charge is 2.17. The van der Waals surface area contributed by atoms with E-state index in [2.05, 4.69) is 5.32 Å². The van der Waals surface area contributed by atoms with Crippen LogP contribution in [-0.4, -0.2) is 20.9 Å². The zero-order valence-corrected chi connectivity index (χ0v) is 14.3. The van der Waals surface area contributed by atoms with Gasteiger partial charge in [-0.15, -0.1) is 0 Å². The predicted octanol–water partition coefficient (Wildman–Crippen LogP) is 3.09. The van der Waals surface area contributed by atoms with Crippen molar-refractivity contribution >= 4 is 22.5 Å². The van der Waals surface area contributed by atoms with Crippen LogP contribution < -0.4 is 10.9 Å². The van der Waals surface area contributed by atoms with E-state index >= 15 is 0 Å². The molecule has 2 heterocycles. The van der Waals surface area contributed by atoms with Crippen molar-refractivity contribution in [2.75, 3.05) is 0 Å². The lowest BCUT2D eigenvalue weighted by molar-refractivity contribution is -0.121. The van der Waals surface area contributed by atoms with E-state index in [0.29, 0.717) is 30.9 Å². The molecule has 1 aliphatic rings. The zero-order chi connectivity index (χ0) is 17.2. The predicted molar refractivity (Wildman–Crippen MR) is 98.8 cm³/mol. The summed E-state index contributed by atoms with van der Waals surface area (Å²) in [4.78, 5) is 24.9. The topological polar surface area (TPSA) is 55.5 Å². The van der Waals surface area contributed by atoms with Crippen LogP contribution in [0.25, 0.3) is 16.6 Å². The molecule has 0 spiro atoms. The second-order valence-electron chi connectivity index (χ2n) is 6.86. The first-order valence-corrected chi connectivity index (χ1v) is 9.12. The zero-order valence-electron chi connectivity index (χ0n) is 14.3. The quantitative estimate of drug-likeness (QED) is 0.778. The third-order valence-electron chi connectivity index (χ3n) is 5.15. The molecule has 0 aliphatic heterocycles. The highest BCUT2D eigenvalue weighted by atomic mass is 16.1. The molecule has 1 amide bonds. The van der Waals surface area contributed by atoms with Crippen LogP contribution in [-0.2, 0) is 11.3 Å². The van der Waals surface area contributed by atoms with Crippen LogP contribution in [0, 0.1) is 0 Å². The molecule has 0 unspecified atom stereocenters. The highest BCUT2D eigenvalue weighted by molar-refractivity contribution is 5.79. The number of fused-ring (bicyclic) bond motifs is 3. The van der Waals surface area contributed by atoms with Crippen LogP contribution in [0.5, 0.6) is 0 Å². The first kappa shape index (κ1) is 15.9. The molecule has 0 atom stereocenters. The second-order valence-corrected chi connectivity index (χ2v) is 6.86. The van der Waals surface area contributed by atoms with Gasteiger partial charge in [-0.2, -0.15) is 0 Å². The number of carbonyl (C=O) groups excluding carboxylic acids is 1. The third-order valence-corrected chi connectivity index (χ3v) is 5.15. The Morgan fingerprint density at radius 3 is 2.56 bits per heavy atom. The monoisotopic (exact) mass is 337 g/mol. The van der Waals surface area contributed by atoms with Gasteiger partial charge in [0.15, 0.2) is 0 Å². The van der Waals surface area contributed by atoms with E-state index < -0.39 is 0 Å². The Morgan fingerprint density at radius 2 is 1.76 bits per heavy atom. The van der Waals surface area contributed by atoms with Crippen LogP contribution in [0.2, 0.25) is 0 Å². The smallest absolute Gasteiger partial charge is 0.275 e. The minimum absolute atomic E-state index is 0.0000916. The van der Waals surface area contributed by atoms with E-state index in [0.717, 1.165) is 23.9 Å². The van der Waals surface area contributed by atoms with E-state index in [4.69, 9.17) is 0 Å². The summed E-state index contributed by atoms with van der Waals surface area (Å²) in [5.74, 6) is 0.105. The number of carbonyl (C=O) groups is 1. The van der Waals surface area contributed by atoms with Crippen LogP contribution in [0.15, 0.2) is 47.4 Å². The van der Waals surface area contributed by atoms with E-state index in [1.165, 1.54) is 12.8 Å². The average molecular weight is 337 g/mol. The number of rotatable bonds is 5. The first-order valence-electron chi connectivity index (χ1n) is 9.12. The Morgan fingerprint density at radius 1 is 1.04 bits per heavy atom. The molecule has 1 fully saturated rings. The van der Waals surface area contributed by atoms with Gasteiger partial charge in [-0.25, -0.2) is 0 Å². The standard InChI is InChI=1S/C20H23N3O2/c24-19(21-15-7-1-2-8-15)12-6-14-23-17-10-4-3-9-16(17)22-13-5-11-18(22)20(23)25/h3-5,9-11,13,15H,1-2,6-8,12,14H2,(H,21,24). The van der Waals surface area contributed by atoms with Gasteiger partial charge in [0.2, 0.25) is 5.91 Å². The molecule has 25 heavy (non-hydrogen) atoms. The molecule has 3 aromatic rings. The molecular formula is C20H23N3O2. The van der Waals surface area contributed by atoms with Crippen molar-refractivity contribution in [2.45, 2.75) is 51.1 Å². The van der Waals surface area contributed by atoms with Crippen LogP contribution in [0.4, 0.5) is 0 Å². The SMILES string of the molecule is O=C(CCCn1c(=O)c2cccn2c2ccccc21)NC1CCCC1. The Labute approximate surface area is 146 Å². The summed E-state index contributed by atoms with van der Waals surface area (Å²) in [6, 6.07) is 12.0. The minimum Gasteiger partial charge on any atom is -0.353 e. The molecule has 0 saturated heterocycles. The van der Waals surface area contributed by atoms with Gasteiger partial charge in [-0.3, -0.25) is 9.59 Å². The molecular weight excluding hydrogens is 314 g/mol. The van der Waals surface area contributed by atoms with Crippen LogP contribution in [0.3, 0.4) is 0 Å². The summed E-state index contributed by atoms with van der Waals surface area (Å²) in [7, 11) is 0. The summed E-state index contributed by atoms with van der Waals surface area (Å²) in [5.41, 5.74) is 2.60. The molecule has 4 rings (SSSR count). The third kappa shape index (κ3) is 3.06. The Balaban J connectivity index is 1.53. The normalized spacial score (nSPS) is 15.2. The molecule has 0 bridgehead atoms. The van der Waals surface area contributed by atoms with Crippen LogP contribution in [0.1, 0.15) is 38.5 Å². The molecule has 1 saturated carbocycles. The number of aryl methyl sites for hydroxylation is 1. The largest absolute Gasteiger partial charge is 0.353 e. The second kappa shape index (κ2) is 6.75. The lowest BCUT2D eigenvalue weighted by atomic mass is 10.2. The van der Waals surface area contributed by atoms with Gasteiger partial charge in [0.25, 0.3) is 5.56 Å². The highest BCUT2D eigenvalue weighted by Crippen LogP contribution is 2.18. The van der Waals surface area contributed by atoms with E-state index in [9.17, 15) is 9.59 Å². The van der Waals surface area contributed by atoms with Crippen LogP contribution >= 0.6 is 0 Å². The average Bonchev–Trinajstić information content (AvgIpc) is 3.29. The molecule has 1 N–H and O–H groups in total. The van der Waals surface area contributed by atoms with Crippen molar-refractivity contribution in [3.8, 4) is 0 Å². The Bertz CT molecular complexity index is 964. The summed E-state index contributed by atoms with van der Waals surface area (Å²) in [5, 5.41) is 3.11. The van der Waals surface area contributed by atoms with Crippen molar-refractivity contribution in [2.24, 2.45) is 0 Å². The van der Waals surface area contributed by atoms with Crippen molar-refractivity contribution in [1.29, 1.82) is 0 Å². The molecule has 1 aliphatic carbocycles.